The molecule has 0 amide bonds. The van der Waals surface area contributed by atoms with E-state index in [1.165, 1.54) is 68.6 Å². The molecule has 0 aliphatic carbocycles. The van der Waals surface area contributed by atoms with Crippen molar-refractivity contribution in [2.75, 3.05) is 19.8 Å². The van der Waals surface area contributed by atoms with E-state index in [1.807, 2.05) is 48.5 Å². The zero-order chi connectivity index (χ0) is 36.8. The fraction of sp³-hybridized carbons (Fsp3) is 0.422. The maximum Gasteiger partial charge on any atom is 0.343 e. The van der Waals surface area contributed by atoms with Gasteiger partial charge < -0.3 is 23.5 Å². The summed E-state index contributed by atoms with van der Waals surface area (Å²) in [5.41, 5.74) is 5.31. The van der Waals surface area contributed by atoms with Crippen LogP contribution in [0.1, 0.15) is 105 Å². The first kappa shape index (κ1) is 40.0. The molecule has 0 spiro atoms. The van der Waals surface area contributed by atoms with Crippen LogP contribution in [0.15, 0.2) is 97.8 Å². The second kappa shape index (κ2) is 22.9. The Morgan fingerprint density at radius 3 is 1.48 bits per heavy atom. The highest BCUT2D eigenvalue weighted by Crippen LogP contribution is 2.26. The van der Waals surface area contributed by atoms with Crippen molar-refractivity contribution in [3.8, 4) is 28.4 Å². The normalized spacial score (nSPS) is 10.9. The molecule has 52 heavy (non-hydrogen) atoms. The predicted molar refractivity (Wildman–Crippen MR) is 209 cm³/mol. The van der Waals surface area contributed by atoms with Gasteiger partial charge in [0.2, 0.25) is 0 Å². The van der Waals surface area contributed by atoms with Gasteiger partial charge in [-0.1, -0.05) is 88.6 Å². The molecule has 0 bridgehead atoms. The number of aromatic nitrogens is 1. The van der Waals surface area contributed by atoms with Crippen LogP contribution in [-0.2, 0) is 16.1 Å². The van der Waals surface area contributed by atoms with Crippen molar-refractivity contribution in [1.82, 2.24) is 4.57 Å². The molecule has 0 N–H and O–H groups in total. The zero-order valence-corrected chi connectivity index (χ0v) is 31.3. The van der Waals surface area contributed by atoms with Gasteiger partial charge in [0.25, 0.3) is 0 Å². The van der Waals surface area contributed by atoms with Crippen LogP contribution in [0.2, 0.25) is 0 Å². The average molecular weight is 708 g/mol. The minimum atomic E-state index is -0.400. The minimum absolute atomic E-state index is 0.342. The molecule has 7 heteroatoms. The minimum Gasteiger partial charge on any atom is -0.494 e. The number of unbranched alkanes of at least 4 members (excludes halogenated alkanes) is 11. The molecular formula is C45H57NO6. The van der Waals surface area contributed by atoms with Gasteiger partial charge >= 0.3 is 11.9 Å². The van der Waals surface area contributed by atoms with Crippen LogP contribution in [0.25, 0.3) is 11.1 Å². The van der Waals surface area contributed by atoms with Crippen LogP contribution in [0.5, 0.6) is 17.2 Å². The molecule has 0 saturated heterocycles. The van der Waals surface area contributed by atoms with Gasteiger partial charge in [0.15, 0.2) is 0 Å². The van der Waals surface area contributed by atoms with E-state index < -0.39 is 5.97 Å². The fourth-order valence-corrected chi connectivity index (χ4v) is 5.98. The van der Waals surface area contributed by atoms with E-state index in [1.54, 1.807) is 12.1 Å². The maximum absolute atomic E-state index is 12.8. The zero-order valence-electron chi connectivity index (χ0n) is 31.3. The Balaban J connectivity index is 1.04. The molecule has 0 aliphatic heterocycles. The van der Waals surface area contributed by atoms with Crippen molar-refractivity contribution in [1.29, 1.82) is 0 Å². The summed E-state index contributed by atoms with van der Waals surface area (Å²) in [6, 6.07) is 22.8. The molecule has 7 nitrogen and oxygen atoms in total. The third-order valence-corrected chi connectivity index (χ3v) is 9.23. The van der Waals surface area contributed by atoms with Crippen molar-refractivity contribution in [3.63, 3.8) is 0 Å². The van der Waals surface area contributed by atoms with Crippen molar-refractivity contribution in [3.05, 3.63) is 115 Å². The number of carbonyl (C=O) groups is 2. The Labute approximate surface area is 311 Å². The molecular weight excluding hydrogens is 650 g/mol. The summed E-state index contributed by atoms with van der Waals surface area (Å²) >= 11 is 0. The molecule has 4 aromatic rings. The van der Waals surface area contributed by atoms with Crippen LogP contribution >= 0.6 is 0 Å². The van der Waals surface area contributed by atoms with E-state index in [0.717, 1.165) is 67.9 Å². The molecule has 0 radical (unpaired) electrons. The number of carbonyl (C=O) groups excluding carboxylic acids is 2. The van der Waals surface area contributed by atoms with Crippen molar-refractivity contribution >= 4 is 11.9 Å². The quantitative estimate of drug-likeness (QED) is 0.0295. The largest absolute Gasteiger partial charge is 0.494 e. The number of nitrogens with zero attached hydrogens (tertiary/aromatic N) is 1. The van der Waals surface area contributed by atoms with Crippen LogP contribution in [0.3, 0.4) is 0 Å². The molecule has 0 unspecified atom stereocenters. The standard InChI is InChI=1S/C45H57NO6/c1-4-44(47)51-33-17-12-9-7-5-6-8-11-15-31-50-42-26-22-40(23-27-42)45(48)52-43-28-20-39(21-29-43)38-18-24-41(25-19-38)49-32-16-13-10-14-30-46-34-36(2)37(3)35-46/h4,18-29,34-35H,1,5-17,30-33H2,2-3H3. The molecule has 1 aromatic heterocycles. The highest BCUT2D eigenvalue weighted by atomic mass is 16.5. The number of hydrogen-bond acceptors (Lipinski definition) is 6. The third kappa shape index (κ3) is 14.8. The first-order chi connectivity index (χ1) is 25.4. The van der Waals surface area contributed by atoms with E-state index in [-0.39, 0.29) is 5.97 Å². The molecule has 1 heterocycles. The van der Waals surface area contributed by atoms with E-state index in [4.69, 9.17) is 18.9 Å². The summed E-state index contributed by atoms with van der Waals surface area (Å²) < 4.78 is 24.8. The molecule has 0 saturated carbocycles. The Bertz CT molecular complexity index is 1600. The third-order valence-electron chi connectivity index (χ3n) is 9.23. The van der Waals surface area contributed by atoms with Gasteiger partial charge in [0.05, 0.1) is 25.4 Å². The van der Waals surface area contributed by atoms with E-state index >= 15 is 0 Å². The van der Waals surface area contributed by atoms with Gasteiger partial charge in [-0.05, 0) is 110 Å². The van der Waals surface area contributed by atoms with Gasteiger partial charge in [-0.25, -0.2) is 9.59 Å². The van der Waals surface area contributed by atoms with Crippen LogP contribution in [0.4, 0.5) is 0 Å². The highest BCUT2D eigenvalue weighted by Gasteiger charge is 2.10. The Hall–Kier alpha value is -4.78. The lowest BCUT2D eigenvalue weighted by Gasteiger charge is -2.09. The number of esters is 2. The van der Waals surface area contributed by atoms with Crippen molar-refractivity contribution in [2.24, 2.45) is 0 Å². The van der Waals surface area contributed by atoms with Gasteiger partial charge in [-0.3, -0.25) is 0 Å². The monoisotopic (exact) mass is 707 g/mol. The maximum atomic E-state index is 12.8. The Kier molecular flexibility index (Phi) is 17.6. The van der Waals surface area contributed by atoms with E-state index in [0.29, 0.717) is 24.5 Å². The summed E-state index contributed by atoms with van der Waals surface area (Å²) in [6.07, 6.45) is 20.5. The second-order valence-corrected chi connectivity index (χ2v) is 13.5. The number of hydrogen-bond donors (Lipinski definition) is 0. The summed E-state index contributed by atoms with van der Waals surface area (Å²) in [4.78, 5) is 23.8. The lowest BCUT2D eigenvalue weighted by molar-refractivity contribution is -0.137. The lowest BCUT2D eigenvalue weighted by Crippen LogP contribution is -2.08. The van der Waals surface area contributed by atoms with Crippen LogP contribution in [-0.4, -0.2) is 36.3 Å². The number of benzene rings is 3. The summed E-state index contributed by atoms with van der Waals surface area (Å²) in [5.74, 6) is 1.38. The van der Waals surface area contributed by atoms with E-state index in [9.17, 15) is 9.59 Å². The lowest BCUT2D eigenvalue weighted by atomic mass is 10.1. The molecule has 0 aliphatic rings. The predicted octanol–water partition coefficient (Wildman–Crippen LogP) is 11.2. The number of aryl methyl sites for hydroxylation is 3. The number of ether oxygens (including phenoxy) is 4. The molecule has 4 rings (SSSR count). The smallest absolute Gasteiger partial charge is 0.343 e. The topological polar surface area (TPSA) is 76.0 Å². The van der Waals surface area contributed by atoms with Crippen molar-refractivity contribution < 1.29 is 28.5 Å². The van der Waals surface area contributed by atoms with Gasteiger partial charge in [-0.2, -0.15) is 0 Å². The summed E-state index contributed by atoms with van der Waals surface area (Å²) in [7, 11) is 0. The van der Waals surface area contributed by atoms with E-state index in [2.05, 4.69) is 49.5 Å². The fourth-order valence-electron chi connectivity index (χ4n) is 5.98. The average Bonchev–Trinajstić information content (AvgIpc) is 3.49. The molecule has 3 aromatic carbocycles. The molecule has 0 fully saturated rings. The number of rotatable bonds is 25. The molecule has 0 atom stereocenters. The second-order valence-electron chi connectivity index (χ2n) is 13.5. The first-order valence-electron chi connectivity index (χ1n) is 19.1. The van der Waals surface area contributed by atoms with Crippen molar-refractivity contribution in [2.45, 2.75) is 104 Å². The Morgan fingerprint density at radius 2 is 0.981 bits per heavy atom. The summed E-state index contributed by atoms with van der Waals surface area (Å²) in [6.45, 7) is 10.7. The molecule has 278 valence electrons. The highest BCUT2D eigenvalue weighted by molar-refractivity contribution is 5.91. The Morgan fingerprint density at radius 1 is 0.558 bits per heavy atom. The van der Waals surface area contributed by atoms with Gasteiger partial charge in [0.1, 0.15) is 17.2 Å². The van der Waals surface area contributed by atoms with Crippen LogP contribution < -0.4 is 14.2 Å². The first-order valence-corrected chi connectivity index (χ1v) is 19.1. The van der Waals surface area contributed by atoms with Crippen LogP contribution in [0, 0.1) is 13.8 Å². The van der Waals surface area contributed by atoms with Gasteiger partial charge in [-0.15, -0.1) is 0 Å². The van der Waals surface area contributed by atoms with Gasteiger partial charge in [0, 0.05) is 25.0 Å². The SMILES string of the molecule is C=CC(=O)OCCCCCCCCCCCOc1ccc(C(=O)Oc2ccc(-c3ccc(OCCCCCCn4cc(C)c(C)c4)cc3)cc2)cc1. The summed E-state index contributed by atoms with van der Waals surface area (Å²) in [5, 5.41) is 0.